The smallest absolute Gasteiger partial charge is 0.253 e. The lowest BCUT2D eigenvalue weighted by molar-refractivity contribution is -0.0965. The molecule has 0 bridgehead atoms. The molecule has 5 rings (SSSR count). The van der Waals surface area contributed by atoms with Gasteiger partial charge in [-0.1, -0.05) is 43.3 Å². The summed E-state index contributed by atoms with van der Waals surface area (Å²) in [5, 5.41) is 4.33. The highest BCUT2D eigenvalue weighted by Crippen LogP contribution is 2.34. The first-order chi connectivity index (χ1) is 15.5. The fraction of sp³-hybridized carbons (Fsp3) is 0.444. The van der Waals surface area contributed by atoms with Crippen molar-refractivity contribution in [1.29, 1.82) is 0 Å². The van der Waals surface area contributed by atoms with Crippen molar-refractivity contribution < 1.29 is 9.53 Å². The third kappa shape index (κ3) is 4.14. The minimum absolute atomic E-state index is 0.0439. The average molecular weight is 432 g/mol. The van der Waals surface area contributed by atoms with Crippen LogP contribution < -0.4 is 10.2 Å². The molecule has 0 atom stereocenters. The van der Waals surface area contributed by atoms with Gasteiger partial charge in [-0.15, -0.1) is 0 Å². The number of aromatic nitrogens is 1. The Morgan fingerprint density at radius 3 is 2.44 bits per heavy atom. The van der Waals surface area contributed by atoms with Crippen molar-refractivity contribution >= 4 is 22.5 Å². The molecule has 168 valence electrons. The summed E-state index contributed by atoms with van der Waals surface area (Å²) in [7, 11) is 0. The lowest BCUT2D eigenvalue weighted by atomic mass is 9.84. The molecule has 32 heavy (non-hydrogen) atoms. The van der Waals surface area contributed by atoms with Gasteiger partial charge >= 0.3 is 0 Å². The van der Waals surface area contributed by atoms with E-state index in [9.17, 15) is 4.79 Å². The standard InChI is InChI=1S/C27H33N3O2/c1-19-25(23-10-6-7-11-24(23)28-19)26(31)29-20-12-14-22(15-13-20)30(16-27(2)17-32-18-27)21-8-4-3-5-9-21/h3-11,20,22,28H,12-18H2,1-2H3,(H,29,31). The Kier molecular flexibility index (Phi) is 5.68. The van der Waals surface area contributed by atoms with Gasteiger partial charge in [0.05, 0.1) is 18.8 Å². The van der Waals surface area contributed by atoms with Gasteiger partial charge in [0.25, 0.3) is 5.91 Å². The highest BCUT2D eigenvalue weighted by molar-refractivity contribution is 6.08. The molecular weight excluding hydrogens is 398 g/mol. The molecule has 5 heteroatoms. The number of benzene rings is 2. The van der Waals surface area contributed by atoms with E-state index in [1.165, 1.54) is 5.69 Å². The largest absolute Gasteiger partial charge is 0.380 e. The number of carbonyl (C=O) groups excluding carboxylic acids is 1. The number of carbonyl (C=O) groups is 1. The third-order valence-electron chi connectivity index (χ3n) is 7.13. The summed E-state index contributed by atoms with van der Waals surface area (Å²) in [4.78, 5) is 19.1. The number of nitrogens with one attached hydrogen (secondary N) is 2. The summed E-state index contributed by atoms with van der Waals surface area (Å²) in [6, 6.07) is 19.5. The van der Waals surface area contributed by atoms with Crippen LogP contribution in [-0.2, 0) is 4.74 Å². The van der Waals surface area contributed by atoms with Crippen LogP contribution in [0.2, 0.25) is 0 Å². The molecule has 2 heterocycles. The SMILES string of the molecule is Cc1[nH]c2ccccc2c1C(=O)NC1CCC(N(CC2(C)COC2)c2ccccc2)CC1. The van der Waals surface area contributed by atoms with Crippen LogP contribution in [0.1, 0.15) is 48.7 Å². The lowest BCUT2D eigenvalue weighted by Gasteiger charge is -2.46. The highest BCUT2D eigenvalue weighted by Gasteiger charge is 2.38. The first-order valence-corrected chi connectivity index (χ1v) is 11.8. The van der Waals surface area contributed by atoms with Crippen molar-refractivity contribution in [2.24, 2.45) is 5.41 Å². The van der Waals surface area contributed by atoms with E-state index < -0.39 is 0 Å². The molecule has 1 saturated carbocycles. The quantitative estimate of drug-likeness (QED) is 0.574. The molecular formula is C27H33N3O2. The van der Waals surface area contributed by atoms with Crippen LogP contribution in [-0.4, -0.2) is 42.7 Å². The van der Waals surface area contributed by atoms with Crippen LogP contribution in [0.3, 0.4) is 0 Å². The third-order valence-corrected chi connectivity index (χ3v) is 7.13. The number of H-pyrrole nitrogens is 1. The average Bonchev–Trinajstić information content (AvgIpc) is 3.13. The molecule has 2 fully saturated rings. The number of ether oxygens (including phenoxy) is 1. The number of nitrogens with zero attached hydrogens (tertiary/aromatic N) is 1. The van der Waals surface area contributed by atoms with Crippen LogP contribution in [0.5, 0.6) is 0 Å². The number of aromatic amines is 1. The Labute approximate surface area is 190 Å². The van der Waals surface area contributed by atoms with Crippen molar-refractivity contribution in [2.75, 3.05) is 24.7 Å². The molecule has 5 nitrogen and oxygen atoms in total. The van der Waals surface area contributed by atoms with Crippen molar-refractivity contribution in [2.45, 2.75) is 51.6 Å². The summed E-state index contributed by atoms with van der Waals surface area (Å²) < 4.78 is 5.52. The van der Waals surface area contributed by atoms with E-state index >= 15 is 0 Å². The van der Waals surface area contributed by atoms with Crippen LogP contribution in [0.4, 0.5) is 5.69 Å². The summed E-state index contributed by atoms with van der Waals surface area (Å²) in [5.41, 5.74) is 4.26. The van der Waals surface area contributed by atoms with Gasteiger partial charge in [-0.25, -0.2) is 0 Å². The predicted octanol–water partition coefficient (Wildman–Crippen LogP) is 5.06. The highest BCUT2D eigenvalue weighted by atomic mass is 16.5. The fourth-order valence-corrected chi connectivity index (χ4v) is 5.36. The number of amides is 1. The lowest BCUT2D eigenvalue weighted by Crippen LogP contribution is -2.53. The van der Waals surface area contributed by atoms with Crippen molar-refractivity contribution in [3.05, 3.63) is 65.9 Å². The topological polar surface area (TPSA) is 57.4 Å². The first-order valence-electron chi connectivity index (χ1n) is 11.8. The van der Waals surface area contributed by atoms with E-state index in [0.29, 0.717) is 6.04 Å². The van der Waals surface area contributed by atoms with Crippen molar-refractivity contribution in [3.8, 4) is 0 Å². The molecule has 1 aliphatic heterocycles. The second kappa shape index (κ2) is 8.62. The summed E-state index contributed by atoms with van der Waals surface area (Å²) in [6.07, 6.45) is 4.19. The molecule has 1 aliphatic carbocycles. The number of hydrogen-bond donors (Lipinski definition) is 2. The molecule has 2 N–H and O–H groups in total. The zero-order chi connectivity index (χ0) is 22.1. The molecule has 1 aromatic heterocycles. The molecule has 0 spiro atoms. The van der Waals surface area contributed by atoms with Crippen LogP contribution >= 0.6 is 0 Å². The van der Waals surface area contributed by atoms with Crippen LogP contribution in [0.25, 0.3) is 10.9 Å². The number of hydrogen-bond acceptors (Lipinski definition) is 3. The molecule has 3 aromatic rings. The second-order valence-corrected chi connectivity index (χ2v) is 9.92. The first kappa shape index (κ1) is 21.1. The van der Waals surface area contributed by atoms with Crippen molar-refractivity contribution in [1.82, 2.24) is 10.3 Å². The predicted molar refractivity (Wildman–Crippen MR) is 129 cm³/mol. The Morgan fingerprint density at radius 1 is 1.06 bits per heavy atom. The Hall–Kier alpha value is -2.79. The zero-order valence-electron chi connectivity index (χ0n) is 19.1. The van der Waals surface area contributed by atoms with Gasteiger partial charge in [0.2, 0.25) is 0 Å². The summed E-state index contributed by atoms with van der Waals surface area (Å²) >= 11 is 0. The molecule has 0 radical (unpaired) electrons. The van der Waals surface area contributed by atoms with E-state index in [-0.39, 0.29) is 17.4 Å². The summed E-state index contributed by atoms with van der Waals surface area (Å²) in [5.74, 6) is 0.0439. The maximum atomic E-state index is 13.1. The monoisotopic (exact) mass is 431 g/mol. The molecule has 2 aromatic carbocycles. The van der Waals surface area contributed by atoms with Crippen LogP contribution in [0, 0.1) is 12.3 Å². The van der Waals surface area contributed by atoms with Gasteiger partial charge < -0.3 is 19.9 Å². The van der Waals surface area contributed by atoms with Gasteiger partial charge in [-0.05, 0) is 50.8 Å². The Morgan fingerprint density at radius 2 is 1.75 bits per heavy atom. The van der Waals surface area contributed by atoms with E-state index in [1.807, 2.05) is 31.2 Å². The van der Waals surface area contributed by atoms with Crippen molar-refractivity contribution in [3.63, 3.8) is 0 Å². The van der Waals surface area contributed by atoms with E-state index in [4.69, 9.17) is 4.74 Å². The van der Waals surface area contributed by atoms with Gasteiger partial charge in [0.1, 0.15) is 0 Å². The zero-order valence-corrected chi connectivity index (χ0v) is 19.1. The van der Waals surface area contributed by atoms with Crippen LogP contribution in [0.15, 0.2) is 54.6 Å². The van der Waals surface area contributed by atoms with E-state index in [2.05, 4.69) is 52.5 Å². The van der Waals surface area contributed by atoms with Gasteiger partial charge in [0.15, 0.2) is 0 Å². The molecule has 0 unspecified atom stereocenters. The number of fused-ring (bicyclic) bond motifs is 1. The number of para-hydroxylation sites is 2. The van der Waals surface area contributed by atoms with Gasteiger partial charge in [-0.3, -0.25) is 4.79 Å². The van der Waals surface area contributed by atoms with E-state index in [0.717, 1.165) is 67.6 Å². The minimum atomic E-state index is 0.0439. The maximum absolute atomic E-state index is 13.1. The molecule has 1 saturated heterocycles. The number of rotatable bonds is 6. The molecule has 1 amide bonds. The normalized spacial score (nSPS) is 22.3. The van der Waals surface area contributed by atoms with Gasteiger partial charge in [-0.2, -0.15) is 0 Å². The van der Waals surface area contributed by atoms with E-state index in [1.54, 1.807) is 0 Å². The van der Waals surface area contributed by atoms with Gasteiger partial charge in [0, 0.05) is 46.3 Å². The minimum Gasteiger partial charge on any atom is -0.380 e. The Bertz CT molecular complexity index is 1080. The number of aryl methyl sites for hydroxylation is 1. The Balaban J connectivity index is 1.25. The molecule has 2 aliphatic rings. The maximum Gasteiger partial charge on any atom is 0.253 e. The number of anilines is 1. The summed E-state index contributed by atoms with van der Waals surface area (Å²) in [6.45, 7) is 7.00. The fourth-order valence-electron chi connectivity index (χ4n) is 5.36. The second-order valence-electron chi connectivity index (χ2n) is 9.92.